The zero-order chi connectivity index (χ0) is 21.0. The number of nitrogens with one attached hydrogen (secondary N) is 2. The summed E-state index contributed by atoms with van der Waals surface area (Å²) in [6.07, 6.45) is 7.74. The number of aryl methyl sites for hydroxylation is 2. The molecular formula is C25H26N6. The molecule has 0 radical (unpaired) electrons. The van der Waals surface area contributed by atoms with E-state index in [0.717, 1.165) is 59.6 Å². The highest BCUT2D eigenvalue weighted by atomic mass is 15.1. The van der Waals surface area contributed by atoms with E-state index in [2.05, 4.69) is 40.7 Å². The van der Waals surface area contributed by atoms with Crippen molar-refractivity contribution in [2.45, 2.75) is 38.6 Å². The molecule has 0 fully saturated rings. The standard InChI is InChI=1S/C25H26N6/c1-17(10-12-20-13-11-18-6-5-15-27-23(18)29-20)28-25-21-8-2-3-9-22(21)30-24(31-25)19-7-4-14-26-16-19/h2-4,7-9,11,13-14,16-17H,5-6,10,12,15H2,1H3,(H,27,29)(H,28,30,31)/t17-/m0/s1. The van der Waals surface area contributed by atoms with E-state index >= 15 is 0 Å². The maximum Gasteiger partial charge on any atom is 0.163 e. The first-order valence-corrected chi connectivity index (χ1v) is 10.9. The number of nitrogens with zero attached hydrogens (tertiary/aromatic N) is 4. The van der Waals surface area contributed by atoms with Crippen LogP contribution >= 0.6 is 0 Å². The molecule has 1 atom stereocenters. The van der Waals surface area contributed by atoms with Crippen molar-refractivity contribution < 1.29 is 0 Å². The van der Waals surface area contributed by atoms with Crippen LogP contribution in [0.2, 0.25) is 0 Å². The van der Waals surface area contributed by atoms with Crippen LogP contribution in [-0.4, -0.2) is 32.5 Å². The molecule has 0 aliphatic carbocycles. The van der Waals surface area contributed by atoms with Gasteiger partial charge in [0.1, 0.15) is 11.6 Å². The molecule has 2 N–H and O–H groups in total. The second-order valence-electron chi connectivity index (χ2n) is 8.08. The fraction of sp³-hybridized carbons (Fsp3) is 0.280. The van der Waals surface area contributed by atoms with Crippen LogP contribution in [0.25, 0.3) is 22.3 Å². The van der Waals surface area contributed by atoms with Crippen LogP contribution in [0.1, 0.15) is 31.0 Å². The van der Waals surface area contributed by atoms with Gasteiger partial charge in [0.2, 0.25) is 0 Å². The fourth-order valence-electron chi connectivity index (χ4n) is 3.99. The van der Waals surface area contributed by atoms with Crippen LogP contribution in [0.4, 0.5) is 11.6 Å². The first-order valence-electron chi connectivity index (χ1n) is 10.9. The molecule has 4 aromatic rings. The largest absolute Gasteiger partial charge is 0.370 e. The molecule has 5 rings (SSSR count). The SMILES string of the molecule is C[C@@H](CCc1ccc2c(n1)NCCC2)Nc1nc(-c2cccnc2)nc2ccccc12. The first kappa shape index (κ1) is 19.4. The average Bonchev–Trinajstić information content (AvgIpc) is 2.83. The van der Waals surface area contributed by atoms with E-state index in [1.54, 1.807) is 12.4 Å². The Kier molecular flexibility index (Phi) is 5.44. The molecule has 1 aliphatic heterocycles. The molecule has 3 aromatic heterocycles. The minimum atomic E-state index is 0.242. The number of fused-ring (bicyclic) bond motifs is 2. The van der Waals surface area contributed by atoms with Gasteiger partial charge in [-0.2, -0.15) is 0 Å². The van der Waals surface area contributed by atoms with Gasteiger partial charge in [-0.05, 0) is 68.5 Å². The van der Waals surface area contributed by atoms with E-state index in [-0.39, 0.29) is 6.04 Å². The lowest BCUT2D eigenvalue weighted by Gasteiger charge is -2.19. The van der Waals surface area contributed by atoms with Crippen molar-refractivity contribution in [3.8, 4) is 11.4 Å². The topological polar surface area (TPSA) is 75.6 Å². The predicted molar refractivity (Wildman–Crippen MR) is 125 cm³/mol. The van der Waals surface area contributed by atoms with Gasteiger partial charge in [-0.1, -0.05) is 18.2 Å². The van der Waals surface area contributed by atoms with Gasteiger partial charge in [-0.3, -0.25) is 4.98 Å². The Labute approximate surface area is 182 Å². The molecule has 0 saturated carbocycles. The Morgan fingerprint density at radius 1 is 1.03 bits per heavy atom. The summed E-state index contributed by atoms with van der Waals surface area (Å²) in [5, 5.41) is 8.06. The number of hydrogen-bond acceptors (Lipinski definition) is 6. The van der Waals surface area contributed by atoms with Crippen LogP contribution < -0.4 is 10.6 Å². The number of pyridine rings is 2. The number of para-hydroxylation sites is 1. The molecule has 0 bridgehead atoms. The van der Waals surface area contributed by atoms with Crippen molar-refractivity contribution in [1.29, 1.82) is 0 Å². The summed E-state index contributed by atoms with van der Waals surface area (Å²) in [4.78, 5) is 18.6. The molecule has 156 valence electrons. The number of benzene rings is 1. The van der Waals surface area contributed by atoms with E-state index in [1.165, 1.54) is 12.0 Å². The molecule has 0 saturated heterocycles. The molecule has 6 nitrogen and oxygen atoms in total. The van der Waals surface area contributed by atoms with Gasteiger partial charge in [0.05, 0.1) is 5.52 Å². The number of hydrogen-bond donors (Lipinski definition) is 2. The Morgan fingerprint density at radius 3 is 2.87 bits per heavy atom. The highest BCUT2D eigenvalue weighted by Crippen LogP contribution is 2.26. The summed E-state index contributed by atoms with van der Waals surface area (Å²) in [5.74, 6) is 2.60. The summed E-state index contributed by atoms with van der Waals surface area (Å²) in [5.41, 5.74) is 4.30. The van der Waals surface area contributed by atoms with Gasteiger partial charge < -0.3 is 10.6 Å². The lowest BCUT2D eigenvalue weighted by atomic mass is 10.0. The third-order valence-electron chi connectivity index (χ3n) is 5.69. The van der Waals surface area contributed by atoms with Gasteiger partial charge >= 0.3 is 0 Å². The van der Waals surface area contributed by atoms with Gasteiger partial charge in [-0.15, -0.1) is 0 Å². The van der Waals surface area contributed by atoms with Gasteiger partial charge in [-0.25, -0.2) is 15.0 Å². The third kappa shape index (κ3) is 4.33. The molecule has 0 amide bonds. The highest BCUT2D eigenvalue weighted by molar-refractivity contribution is 5.90. The van der Waals surface area contributed by atoms with Crippen molar-refractivity contribution in [3.05, 3.63) is 72.2 Å². The lowest BCUT2D eigenvalue weighted by Crippen LogP contribution is -2.18. The molecule has 1 aliphatic rings. The van der Waals surface area contributed by atoms with E-state index in [0.29, 0.717) is 5.82 Å². The highest BCUT2D eigenvalue weighted by Gasteiger charge is 2.14. The van der Waals surface area contributed by atoms with Gasteiger partial charge in [0, 0.05) is 41.6 Å². The van der Waals surface area contributed by atoms with E-state index in [4.69, 9.17) is 15.0 Å². The van der Waals surface area contributed by atoms with E-state index in [9.17, 15) is 0 Å². The third-order valence-corrected chi connectivity index (χ3v) is 5.69. The summed E-state index contributed by atoms with van der Waals surface area (Å²) < 4.78 is 0. The van der Waals surface area contributed by atoms with Crippen LogP contribution in [0.15, 0.2) is 60.9 Å². The first-order chi connectivity index (χ1) is 15.3. The van der Waals surface area contributed by atoms with Gasteiger partial charge in [0.15, 0.2) is 5.82 Å². The Morgan fingerprint density at radius 2 is 1.97 bits per heavy atom. The molecule has 0 unspecified atom stereocenters. The zero-order valence-corrected chi connectivity index (χ0v) is 17.7. The quantitative estimate of drug-likeness (QED) is 0.472. The molecule has 31 heavy (non-hydrogen) atoms. The normalized spacial score (nSPS) is 14.0. The second kappa shape index (κ2) is 8.68. The monoisotopic (exact) mass is 410 g/mol. The van der Waals surface area contributed by atoms with E-state index < -0.39 is 0 Å². The van der Waals surface area contributed by atoms with Crippen molar-refractivity contribution in [2.75, 3.05) is 17.2 Å². The Hall–Kier alpha value is -3.54. The van der Waals surface area contributed by atoms with Crippen LogP contribution in [0.5, 0.6) is 0 Å². The van der Waals surface area contributed by atoms with Gasteiger partial charge in [0.25, 0.3) is 0 Å². The van der Waals surface area contributed by atoms with Crippen molar-refractivity contribution in [2.24, 2.45) is 0 Å². The maximum atomic E-state index is 4.84. The lowest BCUT2D eigenvalue weighted by molar-refractivity contribution is 0.692. The number of aromatic nitrogens is 4. The fourth-order valence-corrected chi connectivity index (χ4v) is 3.99. The Bertz CT molecular complexity index is 1190. The average molecular weight is 411 g/mol. The minimum Gasteiger partial charge on any atom is -0.370 e. The molecule has 4 heterocycles. The molecule has 0 spiro atoms. The van der Waals surface area contributed by atoms with Crippen molar-refractivity contribution in [3.63, 3.8) is 0 Å². The van der Waals surface area contributed by atoms with Crippen molar-refractivity contribution >= 4 is 22.5 Å². The molecule has 1 aromatic carbocycles. The summed E-state index contributed by atoms with van der Waals surface area (Å²) >= 11 is 0. The van der Waals surface area contributed by atoms with Crippen LogP contribution in [-0.2, 0) is 12.8 Å². The van der Waals surface area contributed by atoms with Crippen molar-refractivity contribution in [1.82, 2.24) is 19.9 Å². The number of rotatable bonds is 6. The summed E-state index contributed by atoms with van der Waals surface area (Å²) in [6, 6.07) is 16.6. The summed E-state index contributed by atoms with van der Waals surface area (Å²) in [7, 11) is 0. The molecule has 6 heteroatoms. The Balaban J connectivity index is 1.34. The smallest absolute Gasteiger partial charge is 0.163 e. The number of anilines is 2. The zero-order valence-electron chi connectivity index (χ0n) is 17.7. The second-order valence-corrected chi connectivity index (χ2v) is 8.08. The van der Waals surface area contributed by atoms with Crippen LogP contribution in [0, 0.1) is 0 Å². The predicted octanol–water partition coefficient (Wildman–Crippen LogP) is 4.88. The maximum absolute atomic E-state index is 4.84. The molecular weight excluding hydrogens is 384 g/mol. The summed E-state index contributed by atoms with van der Waals surface area (Å²) in [6.45, 7) is 3.21. The van der Waals surface area contributed by atoms with Crippen LogP contribution in [0.3, 0.4) is 0 Å². The van der Waals surface area contributed by atoms with E-state index in [1.807, 2.05) is 30.3 Å². The minimum absolute atomic E-state index is 0.242.